The fourth-order valence-electron chi connectivity index (χ4n) is 1.57. The average molecular weight is 255 g/mol. The van der Waals surface area contributed by atoms with Crippen LogP contribution >= 0.6 is 11.8 Å². The second kappa shape index (κ2) is 6.34. The summed E-state index contributed by atoms with van der Waals surface area (Å²) < 4.78 is 0. The van der Waals surface area contributed by atoms with Gasteiger partial charge in [-0.05, 0) is 24.5 Å². The van der Waals surface area contributed by atoms with Crippen LogP contribution in [0.2, 0.25) is 0 Å². The third-order valence-corrected chi connectivity index (χ3v) is 3.17. The third-order valence-electron chi connectivity index (χ3n) is 2.48. The van der Waals surface area contributed by atoms with E-state index in [0.717, 1.165) is 24.4 Å². The van der Waals surface area contributed by atoms with E-state index < -0.39 is 4.92 Å². The number of rotatable bonds is 6. The van der Waals surface area contributed by atoms with Crippen LogP contribution in [0.4, 0.5) is 17.1 Å². The Balaban J connectivity index is 2.74. The summed E-state index contributed by atoms with van der Waals surface area (Å²) in [5.41, 5.74) is 7.14. The summed E-state index contributed by atoms with van der Waals surface area (Å²) in [4.78, 5) is 12.2. The number of nitrogen functional groups attached to an aromatic ring is 1. The summed E-state index contributed by atoms with van der Waals surface area (Å²) in [5, 5.41) is 10.6. The van der Waals surface area contributed by atoms with Gasteiger partial charge < -0.3 is 10.6 Å². The van der Waals surface area contributed by atoms with E-state index in [-0.39, 0.29) is 5.69 Å². The molecule has 0 aliphatic rings. The highest BCUT2D eigenvalue weighted by Gasteiger charge is 2.11. The Morgan fingerprint density at radius 1 is 1.53 bits per heavy atom. The first-order valence-electron chi connectivity index (χ1n) is 5.30. The molecule has 1 aromatic carbocycles. The fourth-order valence-corrected chi connectivity index (χ4v) is 1.99. The molecule has 5 nitrogen and oxygen atoms in total. The maximum atomic E-state index is 10.6. The van der Waals surface area contributed by atoms with Crippen molar-refractivity contribution in [1.29, 1.82) is 0 Å². The molecule has 0 unspecified atom stereocenters. The van der Waals surface area contributed by atoms with Crippen LogP contribution in [0, 0.1) is 10.1 Å². The lowest BCUT2D eigenvalue weighted by molar-refractivity contribution is -0.384. The van der Waals surface area contributed by atoms with E-state index >= 15 is 0 Å². The quantitative estimate of drug-likeness (QED) is 0.365. The largest absolute Gasteiger partial charge is 0.397 e. The molecular formula is C11H17N3O2S. The van der Waals surface area contributed by atoms with E-state index in [2.05, 4.69) is 6.26 Å². The van der Waals surface area contributed by atoms with Crippen molar-refractivity contribution in [2.45, 2.75) is 6.42 Å². The molecule has 0 saturated heterocycles. The Morgan fingerprint density at radius 3 is 2.76 bits per heavy atom. The molecule has 1 aromatic rings. The summed E-state index contributed by atoms with van der Waals surface area (Å²) >= 11 is 1.80. The van der Waals surface area contributed by atoms with Crippen LogP contribution < -0.4 is 10.6 Å². The van der Waals surface area contributed by atoms with Crippen LogP contribution in [0.3, 0.4) is 0 Å². The summed E-state index contributed by atoms with van der Waals surface area (Å²) in [6.45, 7) is 0.892. The van der Waals surface area contributed by atoms with Gasteiger partial charge in [0.2, 0.25) is 0 Å². The van der Waals surface area contributed by atoms with E-state index in [1.807, 2.05) is 11.9 Å². The normalized spacial score (nSPS) is 10.2. The van der Waals surface area contributed by atoms with Gasteiger partial charge in [-0.15, -0.1) is 0 Å². The summed E-state index contributed by atoms with van der Waals surface area (Å²) in [5.74, 6) is 1.09. The van der Waals surface area contributed by atoms with Crippen LogP contribution in [0.15, 0.2) is 18.2 Å². The van der Waals surface area contributed by atoms with E-state index in [1.165, 1.54) is 12.1 Å². The lowest BCUT2D eigenvalue weighted by Crippen LogP contribution is -2.20. The smallest absolute Gasteiger partial charge is 0.271 e. The second-order valence-electron chi connectivity index (χ2n) is 3.77. The fraction of sp³-hybridized carbons (Fsp3) is 0.455. The van der Waals surface area contributed by atoms with Crippen molar-refractivity contribution >= 4 is 28.8 Å². The Hall–Kier alpha value is -1.43. The summed E-state index contributed by atoms with van der Waals surface area (Å²) in [7, 11) is 1.94. The van der Waals surface area contributed by atoms with Gasteiger partial charge in [0.05, 0.1) is 16.3 Å². The molecule has 0 aromatic heterocycles. The maximum Gasteiger partial charge on any atom is 0.271 e. The van der Waals surface area contributed by atoms with Gasteiger partial charge in [0, 0.05) is 25.7 Å². The first-order chi connectivity index (χ1) is 8.06. The van der Waals surface area contributed by atoms with Gasteiger partial charge in [-0.1, -0.05) is 0 Å². The SMILES string of the molecule is CSCCCN(C)c1ccc([N+](=O)[O-])cc1N. The molecule has 0 heterocycles. The molecule has 17 heavy (non-hydrogen) atoms. The lowest BCUT2D eigenvalue weighted by Gasteiger charge is -2.20. The molecule has 0 saturated carbocycles. The summed E-state index contributed by atoms with van der Waals surface area (Å²) in [6, 6.07) is 4.59. The third kappa shape index (κ3) is 3.81. The van der Waals surface area contributed by atoms with Gasteiger partial charge in [0.1, 0.15) is 0 Å². The van der Waals surface area contributed by atoms with Crippen molar-refractivity contribution in [3.8, 4) is 0 Å². The number of anilines is 2. The van der Waals surface area contributed by atoms with Crippen LogP contribution in [0.5, 0.6) is 0 Å². The van der Waals surface area contributed by atoms with Gasteiger partial charge in [-0.3, -0.25) is 10.1 Å². The molecule has 0 amide bonds. The van der Waals surface area contributed by atoms with Crippen LogP contribution in [-0.4, -0.2) is 30.5 Å². The summed E-state index contributed by atoms with van der Waals surface area (Å²) in [6.07, 6.45) is 3.13. The zero-order chi connectivity index (χ0) is 12.8. The minimum absolute atomic E-state index is 0.0313. The number of nitrogens with two attached hydrogens (primary N) is 1. The lowest BCUT2D eigenvalue weighted by atomic mass is 10.2. The first-order valence-corrected chi connectivity index (χ1v) is 6.69. The average Bonchev–Trinajstić information content (AvgIpc) is 2.28. The Labute approximate surface area is 105 Å². The number of thioether (sulfide) groups is 1. The molecule has 0 fully saturated rings. The Bertz CT molecular complexity index is 398. The Morgan fingerprint density at radius 2 is 2.24 bits per heavy atom. The van der Waals surface area contributed by atoms with Crippen molar-refractivity contribution in [3.63, 3.8) is 0 Å². The molecule has 94 valence electrons. The van der Waals surface area contributed by atoms with Crippen molar-refractivity contribution in [3.05, 3.63) is 28.3 Å². The van der Waals surface area contributed by atoms with Gasteiger partial charge in [-0.25, -0.2) is 0 Å². The molecule has 6 heteroatoms. The predicted molar refractivity (Wildman–Crippen MR) is 73.8 cm³/mol. The molecule has 0 atom stereocenters. The molecular weight excluding hydrogens is 238 g/mol. The minimum atomic E-state index is -0.437. The molecule has 1 rings (SSSR count). The Kier molecular flexibility index (Phi) is 5.09. The monoisotopic (exact) mass is 255 g/mol. The highest BCUT2D eigenvalue weighted by molar-refractivity contribution is 7.98. The van der Waals surface area contributed by atoms with Crippen molar-refractivity contribution in [2.75, 3.05) is 36.2 Å². The van der Waals surface area contributed by atoms with Gasteiger partial charge >= 0.3 is 0 Å². The molecule has 0 aliphatic heterocycles. The topological polar surface area (TPSA) is 72.4 Å². The highest BCUT2D eigenvalue weighted by atomic mass is 32.2. The van der Waals surface area contributed by atoms with Crippen LogP contribution in [0.1, 0.15) is 6.42 Å². The van der Waals surface area contributed by atoms with Crippen molar-refractivity contribution < 1.29 is 4.92 Å². The standard InChI is InChI=1S/C11H17N3O2S/c1-13(6-3-7-17-2)11-5-4-9(14(15)16)8-10(11)12/h4-5,8H,3,6-7,12H2,1-2H3. The van der Waals surface area contributed by atoms with E-state index in [4.69, 9.17) is 5.73 Å². The zero-order valence-electron chi connectivity index (χ0n) is 10.0. The molecule has 0 aliphatic carbocycles. The van der Waals surface area contributed by atoms with E-state index in [0.29, 0.717) is 5.69 Å². The van der Waals surface area contributed by atoms with Gasteiger partial charge in [0.15, 0.2) is 0 Å². The number of nitro benzene ring substituents is 1. The minimum Gasteiger partial charge on any atom is -0.397 e. The molecule has 0 radical (unpaired) electrons. The number of benzene rings is 1. The maximum absolute atomic E-state index is 10.6. The number of nitrogens with zero attached hydrogens (tertiary/aromatic N) is 2. The van der Waals surface area contributed by atoms with Crippen LogP contribution in [0.25, 0.3) is 0 Å². The van der Waals surface area contributed by atoms with Crippen molar-refractivity contribution in [2.24, 2.45) is 0 Å². The van der Waals surface area contributed by atoms with E-state index in [9.17, 15) is 10.1 Å². The molecule has 2 N–H and O–H groups in total. The molecule has 0 bridgehead atoms. The number of non-ortho nitro benzene ring substituents is 1. The number of nitro groups is 1. The predicted octanol–water partition coefficient (Wildman–Crippen LogP) is 2.37. The van der Waals surface area contributed by atoms with Crippen LogP contribution in [-0.2, 0) is 0 Å². The number of hydrogen-bond donors (Lipinski definition) is 1. The highest BCUT2D eigenvalue weighted by Crippen LogP contribution is 2.26. The van der Waals surface area contributed by atoms with Gasteiger partial charge in [0.25, 0.3) is 5.69 Å². The first kappa shape index (κ1) is 13.6. The van der Waals surface area contributed by atoms with Crippen molar-refractivity contribution in [1.82, 2.24) is 0 Å². The number of hydrogen-bond acceptors (Lipinski definition) is 5. The molecule has 0 spiro atoms. The van der Waals surface area contributed by atoms with Gasteiger partial charge in [-0.2, -0.15) is 11.8 Å². The second-order valence-corrected chi connectivity index (χ2v) is 4.75. The zero-order valence-corrected chi connectivity index (χ0v) is 10.9. The van der Waals surface area contributed by atoms with E-state index in [1.54, 1.807) is 17.8 Å².